The second-order valence-corrected chi connectivity index (χ2v) is 6.88. The summed E-state index contributed by atoms with van der Waals surface area (Å²) in [4.78, 5) is 30.8. The maximum Gasteiger partial charge on any atom is 0.471 e. The quantitative estimate of drug-likeness (QED) is 0.562. The number of halogens is 5. The lowest BCUT2D eigenvalue weighted by atomic mass is 10.2. The molecule has 29 heavy (non-hydrogen) atoms. The fraction of sp³-hybridized carbons (Fsp3) is 0.125. The van der Waals surface area contributed by atoms with Crippen LogP contribution in [0.5, 0.6) is 11.6 Å². The molecule has 0 bridgehead atoms. The number of hydrogen-bond donors (Lipinski definition) is 2. The van der Waals surface area contributed by atoms with Gasteiger partial charge in [0.2, 0.25) is 11.8 Å². The SMILES string of the molecule is CC(=O)Nc1nc2ccc(Oc3cc(NC(=O)C(F)(F)F)c(F)cc3Cl)nc2s1. The number of carbonyl (C=O) groups excluding carboxylic acids is 2. The molecule has 0 saturated heterocycles. The number of carbonyl (C=O) groups is 2. The zero-order chi connectivity index (χ0) is 21.3. The van der Waals surface area contributed by atoms with Crippen molar-refractivity contribution in [3.8, 4) is 11.6 Å². The van der Waals surface area contributed by atoms with E-state index in [2.05, 4.69) is 15.3 Å². The third kappa shape index (κ3) is 4.90. The lowest BCUT2D eigenvalue weighted by Crippen LogP contribution is -2.30. The molecule has 1 aromatic carbocycles. The number of alkyl halides is 3. The van der Waals surface area contributed by atoms with E-state index < -0.39 is 23.6 Å². The van der Waals surface area contributed by atoms with Crippen LogP contribution in [0, 0.1) is 5.82 Å². The average molecular weight is 449 g/mol. The average Bonchev–Trinajstić information content (AvgIpc) is 2.98. The van der Waals surface area contributed by atoms with E-state index in [0.717, 1.165) is 17.4 Å². The molecule has 2 aromatic heterocycles. The first kappa shape index (κ1) is 20.7. The standard InChI is InChI=1S/C16H9ClF4N4O3S/c1-6(26)22-15-24-9-2-3-12(25-13(9)29-15)28-11-5-10(8(18)4-7(11)17)23-14(27)16(19,20)21/h2-5H,1H3,(H,23,27)(H,22,24,26). The minimum Gasteiger partial charge on any atom is -0.437 e. The summed E-state index contributed by atoms with van der Waals surface area (Å²) in [6, 6.07) is 4.43. The van der Waals surface area contributed by atoms with Crippen LogP contribution in [0.25, 0.3) is 10.3 Å². The Balaban J connectivity index is 1.88. The molecule has 152 valence electrons. The van der Waals surface area contributed by atoms with Gasteiger partial charge in [0.25, 0.3) is 0 Å². The summed E-state index contributed by atoms with van der Waals surface area (Å²) < 4.78 is 56.4. The van der Waals surface area contributed by atoms with Crippen molar-refractivity contribution in [3.63, 3.8) is 0 Å². The first-order valence-electron chi connectivity index (χ1n) is 7.63. The maximum atomic E-state index is 13.9. The predicted octanol–water partition coefficient (Wildman–Crippen LogP) is 4.74. The molecule has 2 heterocycles. The van der Waals surface area contributed by atoms with Crippen LogP contribution >= 0.6 is 22.9 Å². The van der Waals surface area contributed by atoms with E-state index in [1.165, 1.54) is 24.4 Å². The first-order chi connectivity index (χ1) is 13.5. The van der Waals surface area contributed by atoms with Gasteiger partial charge in [0.05, 0.1) is 10.7 Å². The zero-order valence-electron chi connectivity index (χ0n) is 14.2. The van der Waals surface area contributed by atoms with Crippen LogP contribution in [0.15, 0.2) is 24.3 Å². The highest BCUT2D eigenvalue weighted by Gasteiger charge is 2.39. The Hall–Kier alpha value is -2.99. The van der Waals surface area contributed by atoms with Crippen molar-refractivity contribution >= 4 is 55.9 Å². The van der Waals surface area contributed by atoms with E-state index in [-0.39, 0.29) is 22.6 Å². The van der Waals surface area contributed by atoms with Gasteiger partial charge in [-0.25, -0.2) is 14.4 Å². The Bertz CT molecular complexity index is 1120. The second-order valence-electron chi connectivity index (χ2n) is 5.49. The lowest BCUT2D eigenvalue weighted by molar-refractivity contribution is -0.167. The van der Waals surface area contributed by atoms with Gasteiger partial charge < -0.3 is 15.4 Å². The molecule has 2 N–H and O–H groups in total. The van der Waals surface area contributed by atoms with E-state index in [1.807, 2.05) is 0 Å². The van der Waals surface area contributed by atoms with Gasteiger partial charge in [-0.05, 0) is 12.1 Å². The Morgan fingerprint density at radius 1 is 1.17 bits per heavy atom. The minimum atomic E-state index is -5.20. The largest absolute Gasteiger partial charge is 0.471 e. The molecule has 3 aromatic rings. The number of amides is 2. The number of rotatable bonds is 4. The number of aromatic nitrogens is 2. The minimum absolute atomic E-state index is 0.0165. The number of nitrogens with one attached hydrogen (secondary N) is 2. The summed E-state index contributed by atoms with van der Waals surface area (Å²) in [5, 5.41) is 3.98. The van der Waals surface area contributed by atoms with Gasteiger partial charge in [-0.3, -0.25) is 9.59 Å². The number of ether oxygens (including phenoxy) is 1. The molecule has 13 heteroatoms. The molecule has 7 nitrogen and oxygen atoms in total. The van der Waals surface area contributed by atoms with E-state index in [1.54, 1.807) is 0 Å². The Labute approximate surface area is 168 Å². The molecule has 0 aliphatic rings. The molecule has 0 saturated carbocycles. The molecular formula is C16H9ClF4N4O3S. The normalized spacial score (nSPS) is 11.4. The van der Waals surface area contributed by atoms with E-state index in [9.17, 15) is 27.2 Å². The van der Waals surface area contributed by atoms with Gasteiger partial charge in [-0.1, -0.05) is 22.9 Å². The van der Waals surface area contributed by atoms with Crippen molar-refractivity contribution < 1.29 is 31.9 Å². The van der Waals surface area contributed by atoms with Gasteiger partial charge in [-0.2, -0.15) is 13.2 Å². The molecular weight excluding hydrogens is 440 g/mol. The van der Waals surface area contributed by atoms with E-state index in [4.69, 9.17) is 16.3 Å². The van der Waals surface area contributed by atoms with Crippen molar-refractivity contribution in [2.75, 3.05) is 10.6 Å². The highest BCUT2D eigenvalue weighted by atomic mass is 35.5. The van der Waals surface area contributed by atoms with Crippen LogP contribution in [0.1, 0.15) is 6.92 Å². The van der Waals surface area contributed by atoms with Gasteiger partial charge in [-0.15, -0.1) is 0 Å². The zero-order valence-corrected chi connectivity index (χ0v) is 15.8. The number of benzene rings is 1. The molecule has 0 aliphatic heterocycles. The van der Waals surface area contributed by atoms with Crippen LogP contribution in [0.4, 0.5) is 28.4 Å². The lowest BCUT2D eigenvalue weighted by Gasteiger charge is -2.12. The van der Waals surface area contributed by atoms with Crippen molar-refractivity contribution in [1.29, 1.82) is 0 Å². The van der Waals surface area contributed by atoms with Gasteiger partial charge in [0.15, 0.2) is 5.13 Å². The highest BCUT2D eigenvalue weighted by Crippen LogP contribution is 2.35. The Morgan fingerprint density at radius 3 is 2.55 bits per heavy atom. The Morgan fingerprint density at radius 2 is 1.90 bits per heavy atom. The summed E-state index contributed by atoms with van der Waals surface area (Å²) >= 11 is 6.93. The monoisotopic (exact) mass is 448 g/mol. The molecule has 0 fully saturated rings. The molecule has 0 spiro atoms. The third-order valence-corrected chi connectivity index (χ3v) is 4.43. The van der Waals surface area contributed by atoms with Crippen LogP contribution < -0.4 is 15.4 Å². The predicted molar refractivity (Wildman–Crippen MR) is 97.9 cm³/mol. The summed E-state index contributed by atoms with van der Waals surface area (Å²) in [5.41, 5.74) is -0.298. The second kappa shape index (κ2) is 7.79. The molecule has 0 unspecified atom stereocenters. The maximum absolute atomic E-state index is 13.9. The fourth-order valence-corrected chi connectivity index (χ4v) is 3.13. The Kier molecular flexibility index (Phi) is 5.57. The van der Waals surface area contributed by atoms with Gasteiger partial charge in [0, 0.05) is 19.1 Å². The van der Waals surface area contributed by atoms with E-state index in [0.29, 0.717) is 21.5 Å². The van der Waals surface area contributed by atoms with Crippen molar-refractivity contribution in [3.05, 3.63) is 35.1 Å². The van der Waals surface area contributed by atoms with Crippen LogP contribution in [-0.4, -0.2) is 28.0 Å². The van der Waals surface area contributed by atoms with Gasteiger partial charge >= 0.3 is 12.1 Å². The fourth-order valence-electron chi connectivity index (χ4n) is 2.07. The van der Waals surface area contributed by atoms with Crippen LogP contribution in [0.3, 0.4) is 0 Å². The summed E-state index contributed by atoms with van der Waals surface area (Å²) in [5.74, 6) is -4.08. The number of hydrogen-bond acceptors (Lipinski definition) is 6. The smallest absolute Gasteiger partial charge is 0.437 e. The molecule has 0 radical (unpaired) electrons. The molecule has 0 aliphatic carbocycles. The highest BCUT2D eigenvalue weighted by molar-refractivity contribution is 7.21. The number of anilines is 2. The molecule has 0 atom stereocenters. The van der Waals surface area contributed by atoms with Crippen molar-refractivity contribution in [2.45, 2.75) is 13.1 Å². The summed E-state index contributed by atoms with van der Waals surface area (Å²) in [6.45, 7) is 1.32. The third-order valence-electron chi connectivity index (χ3n) is 3.25. The number of nitrogens with zero attached hydrogens (tertiary/aromatic N) is 2. The number of fused-ring (bicyclic) bond motifs is 1. The summed E-state index contributed by atoms with van der Waals surface area (Å²) in [7, 11) is 0. The van der Waals surface area contributed by atoms with E-state index >= 15 is 0 Å². The molecule has 3 rings (SSSR count). The van der Waals surface area contributed by atoms with Crippen LogP contribution in [0.2, 0.25) is 5.02 Å². The first-order valence-corrected chi connectivity index (χ1v) is 8.82. The molecule has 2 amide bonds. The topological polar surface area (TPSA) is 93.2 Å². The summed E-state index contributed by atoms with van der Waals surface area (Å²) in [6.07, 6.45) is -5.20. The van der Waals surface area contributed by atoms with Crippen molar-refractivity contribution in [2.24, 2.45) is 0 Å². The van der Waals surface area contributed by atoms with Crippen molar-refractivity contribution in [1.82, 2.24) is 9.97 Å². The number of thiazole rings is 1. The van der Waals surface area contributed by atoms with Crippen LogP contribution in [-0.2, 0) is 9.59 Å². The van der Waals surface area contributed by atoms with Gasteiger partial charge in [0.1, 0.15) is 21.9 Å². The number of pyridine rings is 1.